The van der Waals surface area contributed by atoms with E-state index in [2.05, 4.69) is 37.4 Å². The van der Waals surface area contributed by atoms with E-state index in [1.165, 1.54) is 12.7 Å². The Morgan fingerprint density at radius 2 is 2.22 bits per heavy atom. The molecule has 2 N–H and O–H groups in total. The molecule has 0 fully saturated rings. The van der Waals surface area contributed by atoms with Crippen LogP contribution in [0.4, 0.5) is 5.82 Å². The molecule has 0 amide bonds. The third-order valence-corrected chi connectivity index (χ3v) is 2.23. The van der Waals surface area contributed by atoms with Gasteiger partial charge in [0.05, 0.1) is 6.61 Å². The first-order chi connectivity index (χ1) is 8.88. The van der Waals surface area contributed by atoms with Crippen LogP contribution in [-0.2, 0) is 6.42 Å². The molecule has 0 aliphatic rings. The topological polar surface area (TPSA) is 88.6 Å². The molecule has 0 saturated carbocycles. The third-order valence-electron chi connectivity index (χ3n) is 2.23. The van der Waals surface area contributed by atoms with Crippen LogP contribution in [0.5, 0.6) is 5.88 Å². The second-order valence-corrected chi connectivity index (χ2v) is 3.70. The average molecular weight is 248 g/mol. The number of aromatic amines is 1. The van der Waals surface area contributed by atoms with Gasteiger partial charge < -0.3 is 10.1 Å². The number of aromatic nitrogens is 5. The van der Waals surface area contributed by atoms with Crippen molar-refractivity contribution in [3.05, 3.63) is 24.5 Å². The molecule has 0 atom stereocenters. The van der Waals surface area contributed by atoms with Gasteiger partial charge in [-0.25, -0.2) is 15.0 Å². The predicted octanol–water partition coefficient (Wildman–Crippen LogP) is 1.04. The van der Waals surface area contributed by atoms with Crippen molar-refractivity contribution in [3.63, 3.8) is 0 Å². The zero-order valence-electron chi connectivity index (χ0n) is 10.3. The SMILES string of the molecule is CCCOc1cc(NCCc2ncn[nH]2)ncn1. The van der Waals surface area contributed by atoms with Gasteiger partial charge in [-0.15, -0.1) is 0 Å². The summed E-state index contributed by atoms with van der Waals surface area (Å²) in [4.78, 5) is 12.2. The fourth-order valence-corrected chi connectivity index (χ4v) is 1.38. The Morgan fingerprint density at radius 1 is 1.28 bits per heavy atom. The highest BCUT2D eigenvalue weighted by Crippen LogP contribution is 2.10. The van der Waals surface area contributed by atoms with Crippen molar-refractivity contribution in [1.29, 1.82) is 0 Å². The molecule has 0 aliphatic carbocycles. The molecule has 96 valence electrons. The van der Waals surface area contributed by atoms with Gasteiger partial charge in [-0.3, -0.25) is 5.10 Å². The van der Waals surface area contributed by atoms with Crippen molar-refractivity contribution in [3.8, 4) is 5.88 Å². The third kappa shape index (κ3) is 3.69. The quantitative estimate of drug-likeness (QED) is 0.761. The molecule has 7 nitrogen and oxygen atoms in total. The van der Waals surface area contributed by atoms with Gasteiger partial charge in [0.1, 0.15) is 24.3 Å². The summed E-state index contributed by atoms with van der Waals surface area (Å²) in [6, 6.07) is 1.79. The molecule has 0 radical (unpaired) electrons. The predicted molar refractivity (Wildman–Crippen MR) is 66.4 cm³/mol. The minimum absolute atomic E-state index is 0.592. The van der Waals surface area contributed by atoms with E-state index in [0.717, 1.165) is 31.0 Å². The highest BCUT2D eigenvalue weighted by atomic mass is 16.5. The molecule has 0 bridgehead atoms. The number of H-pyrrole nitrogens is 1. The van der Waals surface area contributed by atoms with Gasteiger partial charge in [0, 0.05) is 19.0 Å². The first kappa shape index (κ1) is 12.3. The van der Waals surface area contributed by atoms with Crippen LogP contribution in [0.2, 0.25) is 0 Å². The Kier molecular flexibility index (Phi) is 4.46. The van der Waals surface area contributed by atoms with Gasteiger partial charge in [0.2, 0.25) is 5.88 Å². The Hall–Kier alpha value is -2.18. The molecule has 18 heavy (non-hydrogen) atoms. The molecule has 2 aromatic rings. The van der Waals surface area contributed by atoms with Crippen molar-refractivity contribution in [2.45, 2.75) is 19.8 Å². The normalized spacial score (nSPS) is 10.3. The van der Waals surface area contributed by atoms with Crippen LogP contribution in [-0.4, -0.2) is 38.3 Å². The van der Waals surface area contributed by atoms with Crippen LogP contribution in [0.3, 0.4) is 0 Å². The van der Waals surface area contributed by atoms with Crippen LogP contribution >= 0.6 is 0 Å². The molecule has 0 unspecified atom stereocenters. The Morgan fingerprint density at radius 3 is 3.00 bits per heavy atom. The molecule has 2 heterocycles. The lowest BCUT2D eigenvalue weighted by Crippen LogP contribution is -2.08. The van der Waals surface area contributed by atoms with Crippen molar-refractivity contribution in [1.82, 2.24) is 25.1 Å². The maximum Gasteiger partial charge on any atom is 0.218 e. The Labute approximate surface area is 105 Å². The minimum atomic E-state index is 0.592. The number of hydrogen-bond donors (Lipinski definition) is 2. The highest BCUT2D eigenvalue weighted by Gasteiger charge is 2.00. The van der Waals surface area contributed by atoms with Crippen molar-refractivity contribution in [2.24, 2.45) is 0 Å². The summed E-state index contributed by atoms with van der Waals surface area (Å²) in [7, 11) is 0. The van der Waals surface area contributed by atoms with E-state index < -0.39 is 0 Å². The molecule has 0 spiro atoms. The highest BCUT2D eigenvalue weighted by molar-refractivity contribution is 5.36. The summed E-state index contributed by atoms with van der Waals surface area (Å²) in [5.41, 5.74) is 0. The zero-order chi connectivity index (χ0) is 12.6. The number of anilines is 1. The smallest absolute Gasteiger partial charge is 0.218 e. The number of ether oxygens (including phenoxy) is 1. The number of nitrogens with one attached hydrogen (secondary N) is 2. The van der Waals surface area contributed by atoms with Crippen molar-refractivity contribution >= 4 is 5.82 Å². The summed E-state index contributed by atoms with van der Waals surface area (Å²) in [6.07, 6.45) is 4.70. The van der Waals surface area contributed by atoms with Crippen LogP contribution in [0.15, 0.2) is 18.7 Å². The monoisotopic (exact) mass is 248 g/mol. The van der Waals surface area contributed by atoms with E-state index in [-0.39, 0.29) is 0 Å². The van der Waals surface area contributed by atoms with E-state index in [4.69, 9.17) is 4.74 Å². The first-order valence-electron chi connectivity index (χ1n) is 5.91. The van der Waals surface area contributed by atoms with Crippen LogP contribution in [0.25, 0.3) is 0 Å². The second kappa shape index (κ2) is 6.53. The van der Waals surface area contributed by atoms with Crippen molar-refractivity contribution < 1.29 is 4.74 Å². The summed E-state index contributed by atoms with van der Waals surface area (Å²) < 4.78 is 5.43. The molecular weight excluding hydrogens is 232 g/mol. The summed E-state index contributed by atoms with van der Waals surface area (Å²) in [6.45, 7) is 3.44. The first-order valence-corrected chi connectivity index (χ1v) is 5.91. The van der Waals surface area contributed by atoms with Gasteiger partial charge >= 0.3 is 0 Å². The average Bonchev–Trinajstić information content (AvgIpc) is 2.90. The largest absolute Gasteiger partial charge is 0.478 e. The molecule has 2 aromatic heterocycles. The van der Waals surface area contributed by atoms with E-state index in [0.29, 0.717) is 12.5 Å². The molecule has 0 aliphatic heterocycles. The van der Waals surface area contributed by atoms with E-state index in [9.17, 15) is 0 Å². The fourth-order valence-electron chi connectivity index (χ4n) is 1.38. The van der Waals surface area contributed by atoms with Gasteiger partial charge in [0.25, 0.3) is 0 Å². The number of hydrogen-bond acceptors (Lipinski definition) is 6. The fraction of sp³-hybridized carbons (Fsp3) is 0.455. The molecule has 7 heteroatoms. The van der Waals surface area contributed by atoms with Crippen LogP contribution < -0.4 is 10.1 Å². The molecule has 0 saturated heterocycles. The minimum Gasteiger partial charge on any atom is -0.478 e. The lowest BCUT2D eigenvalue weighted by molar-refractivity contribution is 0.305. The van der Waals surface area contributed by atoms with Gasteiger partial charge in [-0.2, -0.15) is 5.10 Å². The zero-order valence-corrected chi connectivity index (χ0v) is 10.3. The van der Waals surface area contributed by atoms with Crippen molar-refractivity contribution in [2.75, 3.05) is 18.5 Å². The Bertz CT molecular complexity index is 458. The summed E-state index contributed by atoms with van der Waals surface area (Å²) in [5.74, 6) is 2.18. The van der Waals surface area contributed by atoms with Gasteiger partial charge in [0.15, 0.2) is 0 Å². The number of rotatable bonds is 7. The molecule has 2 rings (SSSR count). The standard InChI is InChI=1S/C11H16N6O/c1-2-5-18-11-6-10(13-7-15-11)12-4-3-9-14-8-16-17-9/h6-8H,2-5H2,1H3,(H,12,13,15)(H,14,16,17). The Balaban J connectivity index is 1.81. The van der Waals surface area contributed by atoms with E-state index in [1.807, 2.05) is 0 Å². The summed E-state index contributed by atoms with van der Waals surface area (Å²) in [5, 5.41) is 9.77. The van der Waals surface area contributed by atoms with Crippen LogP contribution in [0.1, 0.15) is 19.2 Å². The summed E-state index contributed by atoms with van der Waals surface area (Å²) >= 11 is 0. The van der Waals surface area contributed by atoms with E-state index in [1.54, 1.807) is 6.07 Å². The number of nitrogens with zero attached hydrogens (tertiary/aromatic N) is 4. The van der Waals surface area contributed by atoms with E-state index >= 15 is 0 Å². The maximum atomic E-state index is 5.43. The van der Waals surface area contributed by atoms with Crippen LogP contribution in [0, 0.1) is 0 Å². The molecular formula is C11H16N6O. The lowest BCUT2D eigenvalue weighted by Gasteiger charge is -2.06. The second-order valence-electron chi connectivity index (χ2n) is 3.70. The lowest BCUT2D eigenvalue weighted by atomic mass is 10.4. The van der Waals surface area contributed by atoms with Gasteiger partial charge in [-0.1, -0.05) is 6.92 Å². The molecule has 0 aromatic carbocycles. The maximum absolute atomic E-state index is 5.43. The van der Waals surface area contributed by atoms with Gasteiger partial charge in [-0.05, 0) is 6.42 Å².